The van der Waals surface area contributed by atoms with Crippen LogP contribution in [0.15, 0.2) is 36.7 Å². The maximum absolute atomic E-state index is 12.8. The van der Waals surface area contributed by atoms with E-state index in [4.69, 9.17) is 9.84 Å². The van der Waals surface area contributed by atoms with Gasteiger partial charge in [0.05, 0.1) is 30.8 Å². The smallest absolute Gasteiger partial charge is 0.391 e. The number of ether oxygens (including phenoxy) is 1. The summed E-state index contributed by atoms with van der Waals surface area (Å²) in [5, 5.41) is 11.7. The van der Waals surface area contributed by atoms with Crippen LogP contribution in [0, 0.1) is 5.92 Å². The second kappa shape index (κ2) is 9.88. The fourth-order valence-electron chi connectivity index (χ4n) is 3.48. The van der Waals surface area contributed by atoms with Crippen LogP contribution < -0.4 is 10.1 Å². The number of nitrogens with zero attached hydrogens (tertiary/aromatic N) is 2. The summed E-state index contributed by atoms with van der Waals surface area (Å²) in [7, 11) is 0. The van der Waals surface area contributed by atoms with Gasteiger partial charge in [0, 0.05) is 18.7 Å². The van der Waals surface area contributed by atoms with Crippen molar-refractivity contribution in [1.29, 1.82) is 0 Å². The minimum atomic E-state index is -4.13. The molecule has 0 spiro atoms. The molecule has 1 aliphatic carbocycles. The van der Waals surface area contributed by atoms with Crippen LogP contribution in [0.1, 0.15) is 37.7 Å². The Morgan fingerprint density at radius 3 is 2.50 bits per heavy atom. The Morgan fingerprint density at radius 2 is 1.87 bits per heavy atom. The molecule has 3 rings (SSSR count). The van der Waals surface area contributed by atoms with Crippen LogP contribution in [0.4, 0.5) is 13.2 Å². The highest BCUT2D eigenvalue weighted by molar-refractivity contribution is 5.66. The van der Waals surface area contributed by atoms with Crippen molar-refractivity contribution in [3.63, 3.8) is 0 Å². The van der Waals surface area contributed by atoms with E-state index in [1.165, 1.54) is 12.4 Å². The lowest BCUT2D eigenvalue weighted by Gasteiger charge is -2.29. The van der Waals surface area contributed by atoms with E-state index in [0.29, 0.717) is 37.5 Å². The zero-order valence-corrected chi connectivity index (χ0v) is 16.4. The number of halogens is 3. The highest BCUT2D eigenvalue weighted by Crippen LogP contribution is 2.38. The number of carboxylic acids is 1. The minimum absolute atomic E-state index is 0.0577. The molecule has 1 heterocycles. The van der Waals surface area contributed by atoms with Crippen molar-refractivity contribution in [1.82, 2.24) is 15.3 Å². The number of hydrogen-bond acceptors (Lipinski definition) is 5. The van der Waals surface area contributed by atoms with Crippen LogP contribution in [0.25, 0.3) is 11.4 Å². The van der Waals surface area contributed by atoms with Crippen molar-refractivity contribution in [3.8, 4) is 17.1 Å². The lowest BCUT2D eigenvalue weighted by atomic mass is 9.87. The SMILES string of the molecule is O=C(O)CCNCc1cccc(-c2ncc(OC3CCC(C(F)(F)F)CC3)cn2)c1. The number of aromatic nitrogens is 2. The molecule has 1 aliphatic rings. The van der Waals surface area contributed by atoms with Gasteiger partial charge >= 0.3 is 12.1 Å². The van der Waals surface area contributed by atoms with Crippen molar-refractivity contribution in [3.05, 3.63) is 42.2 Å². The van der Waals surface area contributed by atoms with Crippen LogP contribution in [-0.4, -0.2) is 39.9 Å². The number of carboxylic acid groups (broad SMARTS) is 1. The van der Waals surface area contributed by atoms with E-state index in [-0.39, 0.29) is 25.4 Å². The third-order valence-electron chi connectivity index (χ3n) is 5.10. The van der Waals surface area contributed by atoms with Gasteiger partial charge in [-0.15, -0.1) is 0 Å². The second-order valence-corrected chi connectivity index (χ2v) is 7.40. The Balaban J connectivity index is 1.53. The van der Waals surface area contributed by atoms with Gasteiger partial charge in [-0.1, -0.05) is 18.2 Å². The summed E-state index contributed by atoms with van der Waals surface area (Å²) in [6, 6.07) is 7.58. The summed E-state index contributed by atoms with van der Waals surface area (Å²) in [5.41, 5.74) is 1.79. The average Bonchev–Trinajstić information content (AvgIpc) is 2.72. The third-order valence-corrected chi connectivity index (χ3v) is 5.10. The van der Waals surface area contributed by atoms with Crippen LogP contribution in [-0.2, 0) is 11.3 Å². The number of benzene rings is 1. The van der Waals surface area contributed by atoms with E-state index < -0.39 is 18.1 Å². The van der Waals surface area contributed by atoms with E-state index in [1.807, 2.05) is 24.3 Å². The van der Waals surface area contributed by atoms with E-state index in [2.05, 4.69) is 15.3 Å². The van der Waals surface area contributed by atoms with Gasteiger partial charge in [-0.2, -0.15) is 13.2 Å². The molecule has 6 nitrogen and oxygen atoms in total. The van der Waals surface area contributed by atoms with Crippen molar-refractivity contribution in [2.75, 3.05) is 6.54 Å². The van der Waals surface area contributed by atoms with Crippen LogP contribution in [0.2, 0.25) is 0 Å². The molecule has 162 valence electrons. The van der Waals surface area contributed by atoms with E-state index in [1.54, 1.807) is 0 Å². The Kier molecular flexibility index (Phi) is 7.25. The molecule has 0 saturated heterocycles. The minimum Gasteiger partial charge on any atom is -0.487 e. The summed E-state index contributed by atoms with van der Waals surface area (Å²) in [5.74, 6) is -1.13. The van der Waals surface area contributed by atoms with Gasteiger partial charge in [-0.05, 0) is 37.3 Å². The molecule has 0 aliphatic heterocycles. The van der Waals surface area contributed by atoms with Gasteiger partial charge in [-0.3, -0.25) is 4.79 Å². The first-order chi connectivity index (χ1) is 14.3. The van der Waals surface area contributed by atoms with Crippen LogP contribution in [0.3, 0.4) is 0 Å². The summed E-state index contributed by atoms with van der Waals surface area (Å²) >= 11 is 0. The van der Waals surface area contributed by atoms with Gasteiger partial charge in [0.15, 0.2) is 11.6 Å². The molecule has 9 heteroatoms. The van der Waals surface area contributed by atoms with E-state index in [9.17, 15) is 18.0 Å². The summed E-state index contributed by atoms with van der Waals surface area (Å²) in [4.78, 5) is 19.2. The molecular formula is C21H24F3N3O3. The molecule has 30 heavy (non-hydrogen) atoms. The number of hydrogen-bond donors (Lipinski definition) is 2. The van der Waals surface area contributed by atoms with E-state index in [0.717, 1.165) is 11.1 Å². The third kappa shape index (κ3) is 6.41. The molecule has 0 atom stereocenters. The van der Waals surface area contributed by atoms with Crippen molar-refractivity contribution in [2.24, 2.45) is 5.92 Å². The van der Waals surface area contributed by atoms with Gasteiger partial charge in [-0.25, -0.2) is 9.97 Å². The average molecular weight is 423 g/mol. The molecule has 2 N–H and O–H groups in total. The molecule has 0 bridgehead atoms. The molecule has 0 unspecified atom stereocenters. The maximum atomic E-state index is 12.8. The van der Waals surface area contributed by atoms with Gasteiger partial charge in [0.2, 0.25) is 0 Å². The first-order valence-corrected chi connectivity index (χ1v) is 9.88. The molecule has 2 aromatic rings. The topological polar surface area (TPSA) is 84.3 Å². The number of alkyl halides is 3. The summed E-state index contributed by atoms with van der Waals surface area (Å²) in [6.45, 7) is 0.913. The zero-order valence-electron chi connectivity index (χ0n) is 16.4. The maximum Gasteiger partial charge on any atom is 0.391 e. The predicted octanol–water partition coefficient (Wildman–Crippen LogP) is 4.21. The predicted molar refractivity (Wildman–Crippen MR) is 104 cm³/mol. The number of carbonyl (C=O) groups is 1. The Labute approximate surface area is 172 Å². The molecule has 0 radical (unpaired) electrons. The largest absolute Gasteiger partial charge is 0.487 e. The number of aliphatic carboxylic acids is 1. The van der Waals surface area contributed by atoms with Gasteiger partial charge < -0.3 is 15.2 Å². The summed E-state index contributed by atoms with van der Waals surface area (Å²) < 4.78 is 44.0. The lowest BCUT2D eigenvalue weighted by Crippen LogP contribution is -2.31. The first-order valence-electron chi connectivity index (χ1n) is 9.88. The van der Waals surface area contributed by atoms with Crippen LogP contribution >= 0.6 is 0 Å². The summed E-state index contributed by atoms with van der Waals surface area (Å²) in [6.07, 6.45) is -0.352. The fraction of sp³-hybridized carbons (Fsp3) is 0.476. The highest BCUT2D eigenvalue weighted by Gasteiger charge is 2.41. The molecule has 1 aromatic heterocycles. The Hall–Kier alpha value is -2.68. The van der Waals surface area contributed by atoms with Gasteiger partial charge in [0.1, 0.15) is 0 Å². The van der Waals surface area contributed by atoms with Crippen molar-refractivity contribution in [2.45, 2.75) is 50.9 Å². The highest BCUT2D eigenvalue weighted by atomic mass is 19.4. The first kappa shape index (κ1) is 22.0. The Morgan fingerprint density at radius 1 is 1.17 bits per heavy atom. The Bertz CT molecular complexity index is 835. The fourth-order valence-corrected chi connectivity index (χ4v) is 3.48. The molecule has 1 fully saturated rings. The second-order valence-electron chi connectivity index (χ2n) is 7.40. The van der Waals surface area contributed by atoms with E-state index >= 15 is 0 Å². The van der Waals surface area contributed by atoms with Crippen molar-refractivity contribution >= 4 is 5.97 Å². The normalized spacial score (nSPS) is 19.4. The van der Waals surface area contributed by atoms with Gasteiger partial charge in [0.25, 0.3) is 0 Å². The molecular weight excluding hydrogens is 399 g/mol. The standard InChI is InChI=1S/C21H24F3N3O3/c22-21(23,24)16-4-6-17(7-5-16)30-18-12-26-20(27-13-18)15-3-1-2-14(10-15)11-25-9-8-19(28)29/h1-3,10,12-13,16-17,25H,4-9,11H2,(H,28,29). The molecule has 1 saturated carbocycles. The monoisotopic (exact) mass is 423 g/mol. The number of rotatable bonds is 8. The quantitative estimate of drug-likeness (QED) is 0.619. The zero-order chi connectivity index (χ0) is 21.6. The molecule has 0 amide bonds. The number of nitrogens with one attached hydrogen (secondary N) is 1. The lowest BCUT2D eigenvalue weighted by molar-refractivity contribution is -0.185. The molecule has 1 aromatic carbocycles. The van der Waals surface area contributed by atoms with Crippen LogP contribution in [0.5, 0.6) is 5.75 Å². The van der Waals surface area contributed by atoms with Crippen molar-refractivity contribution < 1.29 is 27.8 Å².